The Morgan fingerprint density at radius 2 is 1.95 bits per heavy atom. The highest BCUT2D eigenvalue weighted by Gasteiger charge is 2.15. The second-order valence-electron chi connectivity index (χ2n) is 4.57. The smallest absolute Gasteiger partial charge is 0.270 e. The van der Waals surface area contributed by atoms with Gasteiger partial charge in [0, 0.05) is 0 Å². The fraction of sp³-hybridized carbons (Fsp3) is 0.200. The molecule has 0 bridgehead atoms. The zero-order valence-electron chi connectivity index (χ0n) is 11.2. The maximum absolute atomic E-state index is 12.0. The molecular weight excluding hydrogens is 292 g/mol. The van der Waals surface area contributed by atoms with Gasteiger partial charge in [0.15, 0.2) is 0 Å². The summed E-state index contributed by atoms with van der Waals surface area (Å²) in [5.41, 5.74) is 1.10. The molecule has 0 saturated carbocycles. The first kappa shape index (κ1) is 15.3. The maximum Gasteiger partial charge on any atom is 0.270 e. The summed E-state index contributed by atoms with van der Waals surface area (Å²) >= 11 is 5.74. The number of nitrogens with zero attached hydrogens (tertiary/aromatic N) is 1. The Balaban J connectivity index is 2.01. The number of rotatable bonds is 5. The number of aromatic nitrogens is 1. The number of phenols is 1. The molecule has 3 N–H and O–H groups in total. The lowest BCUT2D eigenvalue weighted by Gasteiger charge is -2.16. The lowest BCUT2D eigenvalue weighted by atomic mass is 10.1. The van der Waals surface area contributed by atoms with Gasteiger partial charge in [-0.05, 0) is 36.2 Å². The molecule has 2 aromatic rings. The fourth-order valence-electron chi connectivity index (χ4n) is 1.87. The van der Waals surface area contributed by atoms with Gasteiger partial charge in [-0.2, -0.15) is 0 Å². The number of hydrogen-bond acceptors (Lipinski definition) is 4. The van der Waals surface area contributed by atoms with E-state index in [1.54, 1.807) is 42.5 Å². The number of nitrogens with one attached hydrogen (secondary N) is 1. The number of pyridine rings is 1. The first-order valence-electron chi connectivity index (χ1n) is 6.40. The SMILES string of the molecule is O=C(N[C@H](CO)Cc1ccc(O)cc1)c1cccc(Cl)n1. The largest absolute Gasteiger partial charge is 0.508 e. The Labute approximate surface area is 127 Å². The van der Waals surface area contributed by atoms with Crippen LogP contribution in [-0.2, 0) is 6.42 Å². The summed E-state index contributed by atoms with van der Waals surface area (Å²) in [6.45, 7) is -0.201. The number of aliphatic hydroxyl groups is 1. The van der Waals surface area contributed by atoms with Crippen LogP contribution in [-0.4, -0.2) is 33.8 Å². The minimum atomic E-state index is -0.442. The summed E-state index contributed by atoms with van der Waals surface area (Å²) in [6.07, 6.45) is 0.448. The second kappa shape index (κ2) is 7.06. The molecule has 1 atom stereocenters. The van der Waals surface area contributed by atoms with Gasteiger partial charge in [-0.3, -0.25) is 4.79 Å². The van der Waals surface area contributed by atoms with E-state index in [-0.39, 0.29) is 23.2 Å². The predicted octanol–water partition coefficient (Wildman–Crippen LogP) is 1.77. The topological polar surface area (TPSA) is 82.5 Å². The molecule has 1 aromatic carbocycles. The third-order valence-electron chi connectivity index (χ3n) is 2.92. The molecule has 0 aliphatic rings. The Hall–Kier alpha value is -2.11. The van der Waals surface area contributed by atoms with Crippen molar-refractivity contribution >= 4 is 17.5 Å². The van der Waals surface area contributed by atoms with Crippen LogP contribution in [0.15, 0.2) is 42.5 Å². The van der Waals surface area contributed by atoms with E-state index in [9.17, 15) is 15.0 Å². The van der Waals surface area contributed by atoms with Gasteiger partial charge in [0.25, 0.3) is 5.91 Å². The molecule has 21 heavy (non-hydrogen) atoms. The minimum absolute atomic E-state index is 0.173. The van der Waals surface area contributed by atoms with Crippen molar-refractivity contribution in [3.8, 4) is 5.75 Å². The van der Waals surface area contributed by atoms with Crippen LogP contribution in [0.25, 0.3) is 0 Å². The average Bonchev–Trinajstić information content (AvgIpc) is 2.48. The molecule has 6 heteroatoms. The van der Waals surface area contributed by atoms with Gasteiger partial charge in [-0.1, -0.05) is 29.8 Å². The van der Waals surface area contributed by atoms with Crippen LogP contribution < -0.4 is 5.32 Å². The Kier molecular flexibility index (Phi) is 5.14. The Morgan fingerprint density at radius 3 is 2.57 bits per heavy atom. The lowest BCUT2D eigenvalue weighted by molar-refractivity contribution is 0.0911. The monoisotopic (exact) mass is 306 g/mol. The number of amides is 1. The number of aromatic hydroxyl groups is 1. The van der Waals surface area contributed by atoms with Crippen LogP contribution in [0, 0.1) is 0 Å². The summed E-state index contributed by atoms with van der Waals surface area (Å²) in [5.74, 6) is -0.221. The molecule has 0 aliphatic carbocycles. The first-order chi connectivity index (χ1) is 10.1. The van der Waals surface area contributed by atoms with Crippen molar-refractivity contribution in [1.82, 2.24) is 10.3 Å². The molecule has 5 nitrogen and oxygen atoms in total. The normalized spacial score (nSPS) is 11.9. The van der Waals surface area contributed by atoms with Crippen molar-refractivity contribution < 1.29 is 15.0 Å². The van der Waals surface area contributed by atoms with Crippen molar-refractivity contribution in [2.24, 2.45) is 0 Å². The van der Waals surface area contributed by atoms with E-state index in [4.69, 9.17) is 11.6 Å². The maximum atomic E-state index is 12.0. The van der Waals surface area contributed by atoms with Gasteiger partial charge in [0.1, 0.15) is 16.6 Å². The molecule has 0 fully saturated rings. The number of carbonyl (C=O) groups excluding carboxylic acids is 1. The Morgan fingerprint density at radius 1 is 1.24 bits per heavy atom. The van der Waals surface area contributed by atoms with Crippen LogP contribution in [0.4, 0.5) is 0 Å². The summed E-state index contributed by atoms with van der Waals surface area (Å²) < 4.78 is 0. The molecule has 1 amide bonds. The van der Waals surface area contributed by atoms with E-state index >= 15 is 0 Å². The number of hydrogen-bond donors (Lipinski definition) is 3. The van der Waals surface area contributed by atoms with Crippen molar-refractivity contribution in [3.05, 3.63) is 58.9 Å². The van der Waals surface area contributed by atoms with E-state index in [2.05, 4.69) is 10.3 Å². The van der Waals surface area contributed by atoms with Crippen LogP contribution in [0.1, 0.15) is 16.1 Å². The molecule has 0 aliphatic heterocycles. The molecule has 0 unspecified atom stereocenters. The minimum Gasteiger partial charge on any atom is -0.508 e. The summed E-state index contributed by atoms with van der Waals surface area (Å²) in [4.78, 5) is 15.9. The molecule has 0 saturated heterocycles. The zero-order chi connectivity index (χ0) is 15.2. The van der Waals surface area contributed by atoms with Crippen LogP contribution >= 0.6 is 11.6 Å². The van der Waals surface area contributed by atoms with Crippen molar-refractivity contribution in [1.29, 1.82) is 0 Å². The van der Waals surface area contributed by atoms with Gasteiger partial charge >= 0.3 is 0 Å². The van der Waals surface area contributed by atoms with Crippen LogP contribution in [0.5, 0.6) is 5.75 Å². The van der Waals surface area contributed by atoms with Gasteiger partial charge in [0.2, 0.25) is 0 Å². The summed E-state index contributed by atoms with van der Waals surface area (Å²) in [5, 5.41) is 21.5. The molecule has 1 aromatic heterocycles. The van der Waals surface area contributed by atoms with E-state index in [0.29, 0.717) is 6.42 Å². The fourth-order valence-corrected chi connectivity index (χ4v) is 2.04. The number of phenolic OH excluding ortho intramolecular Hbond substituents is 1. The quantitative estimate of drug-likeness (QED) is 0.735. The molecule has 1 heterocycles. The lowest BCUT2D eigenvalue weighted by Crippen LogP contribution is -2.39. The number of halogens is 1. The average molecular weight is 307 g/mol. The van der Waals surface area contributed by atoms with Crippen molar-refractivity contribution in [2.45, 2.75) is 12.5 Å². The van der Waals surface area contributed by atoms with E-state index in [1.807, 2.05) is 0 Å². The van der Waals surface area contributed by atoms with E-state index in [1.165, 1.54) is 0 Å². The molecular formula is C15H15ClN2O3. The zero-order valence-corrected chi connectivity index (χ0v) is 11.9. The van der Waals surface area contributed by atoms with Gasteiger partial charge < -0.3 is 15.5 Å². The molecule has 110 valence electrons. The highest BCUT2D eigenvalue weighted by atomic mass is 35.5. The summed E-state index contributed by atoms with van der Waals surface area (Å²) in [6, 6.07) is 10.9. The molecule has 0 radical (unpaired) electrons. The highest BCUT2D eigenvalue weighted by Crippen LogP contribution is 2.11. The van der Waals surface area contributed by atoms with Gasteiger partial charge in [0.05, 0.1) is 12.6 Å². The number of benzene rings is 1. The van der Waals surface area contributed by atoms with Gasteiger partial charge in [-0.15, -0.1) is 0 Å². The van der Waals surface area contributed by atoms with Crippen molar-refractivity contribution in [2.75, 3.05) is 6.61 Å². The number of carbonyl (C=O) groups is 1. The van der Waals surface area contributed by atoms with E-state index < -0.39 is 11.9 Å². The standard InChI is InChI=1S/C15H15ClN2O3/c16-14-3-1-2-13(18-14)15(21)17-11(9-19)8-10-4-6-12(20)7-5-10/h1-7,11,19-20H,8-9H2,(H,17,21)/t11-/m0/s1. The van der Waals surface area contributed by atoms with Crippen LogP contribution in [0.2, 0.25) is 5.15 Å². The van der Waals surface area contributed by atoms with Crippen LogP contribution in [0.3, 0.4) is 0 Å². The van der Waals surface area contributed by atoms with Gasteiger partial charge in [-0.25, -0.2) is 4.98 Å². The molecule has 0 spiro atoms. The third kappa shape index (κ3) is 4.44. The molecule has 2 rings (SSSR count). The number of aliphatic hydroxyl groups excluding tert-OH is 1. The summed E-state index contributed by atoms with van der Waals surface area (Å²) in [7, 11) is 0. The second-order valence-corrected chi connectivity index (χ2v) is 4.96. The predicted molar refractivity (Wildman–Crippen MR) is 79.4 cm³/mol. The highest BCUT2D eigenvalue weighted by molar-refractivity contribution is 6.29. The Bertz CT molecular complexity index is 617. The van der Waals surface area contributed by atoms with E-state index in [0.717, 1.165) is 5.56 Å². The third-order valence-corrected chi connectivity index (χ3v) is 3.13. The first-order valence-corrected chi connectivity index (χ1v) is 6.78. The van der Waals surface area contributed by atoms with Crippen molar-refractivity contribution in [3.63, 3.8) is 0 Å².